The molecule has 0 fully saturated rings. The summed E-state index contributed by atoms with van der Waals surface area (Å²) in [5, 5.41) is 14.6. The molecule has 0 aliphatic rings. The van der Waals surface area contributed by atoms with Gasteiger partial charge >= 0.3 is 29.6 Å². The van der Waals surface area contributed by atoms with Gasteiger partial charge in [0.15, 0.2) is 0 Å². The molecule has 0 saturated carbocycles. The van der Waals surface area contributed by atoms with Crippen molar-refractivity contribution in [1.29, 1.82) is 0 Å². The summed E-state index contributed by atoms with van der Waals surface area (Å²) >= 11 is 5.83. The molecule has 2 aromatic rings. The van der Waals surface area contributed by atoms with Crippen molar-refractivity contribution in [2.45, 2.75) is 12.8 Å². The average molecular weight is 312 g/mol. The van der Waals surface area contributed by atoms with Gasteiger partial charge in [0.25, 0.3) is 0 Å². The molecule has 3 nitrogen and oxygen atoms in total. The Balaban J connectivity index is 0.00000220. The zero-order chi connectivity index (χ0) is 14.4. The van der Waals surface area contributed by atoms with Crippen molar-refractivity contribution in [3.63, 3.8) is 0 Å². The maximum Gasteiger partial charge on any atom is 1.00 e. The number of rotatable bonds is 6. The zero-order valence-corrected chi connectivity index (χ0v) is 14.7. The molecule has 2 rings (SSSR count). The molecule has 0 amide bonds. The minimum Gasteiger partial charge on any atom is -0.545 e. The van der Waals surface area contributed by atoms with Crippen LogP contribution in [0.25, 0.3) is 0 Å². The fraction of sp³-hybridized carbons (Fsp3) is 0.188. The Morgan fingerprint density at radius 1 is 1.05 bits per heavy atom. The van der Waals surface area contributed by atoms with Crippen LogP contribution in [0, 0.1) is 0 Å². The predicted octanol–water partition coefficient (Wildman–Crippen LogP) is -0.248. The van der Waals surface area contributed by atoms with Crippen LogP contribution in [0.3, 0.4) is 0 Å². The first-order valence-corrected chi connectivity index (χ1v) is 6.83. The second-order valence-electron chi connectivity index (χ2n) is 4.52. The largest absolute Gasteiger partial charge is 1.00 e. The van der Waals surface area contributed by atoms with Crippen LogP contribution in [0.5, 0.6) is 0 Å². The number of carbonyl (C=O) groups is 1. The summed E-state index contributed by atoms with van der Waals surface area (Å²) in [6.07, 6.45) is 1.96. The summed E-state index contributed by atoms with van der Waals surface area (Å²) in [5.74, 6) is -1.15. The Morgan fingerprint density at radius 3 is 2.24 bits per heavy atom. The van der Waals surface area contributed by atoms with E-state index >= 15 is 0 Å². The summed E-state index contributed by atoms with van der Waals surface area (Å²) in [4.78, 5) is 10.6. The summed E-state index contributed by atoms with van der Waals surface area (Å²) in [5.41, 5.74) is 2.35. The molecule has 0 bridgehead atoms. The van der Waals surface area contributed by atoms with Gasteiger partial charge in [-0.05, 0) is 48.2 Å². The van der Waals surface area contributed by atoms with E-state index in [1.807, 2.05) is 24.3 Å². The number of benzene rings is 2. The van der Waals surface area contributed by atoms with Crippen LogP contribution in [0.15, 0.2) is 48.5 Å². The molecular weight excluding hydrogens is 297 g/mol. The van der Waals surface area contributed by atoms with Crippen LogP contribution in [-0.2, 0) is 6.42 Å². The molecule has 0 radical (unpaired) electrons. The number of hydrogen-bond acceptors (Lipinski definition) is 3. The molecular formula is C16H15ClNNaO2. The second kappa shape index (κ2) is 9.11. The minimum atomic E-state index is -1.15. The van der Waals surface area contributed by atoms with E-state index in [2.05, 4.69) is 5.32 Å². The molecule has 0 aromatic heterocycles. The molecule has 1 N–H and O–H groups in total. The summed E-state index contributed by atoms with van der Waals surface area (Å²) in [6.45, 7) is 0.827. The van der Waals surface area contributed by atoms with E-state index in [-0.39, 0.29) is 35.1 Å². The number of nitrogens with one attached hydrogen (secondary N) is 1. The van der Waals surface area contributed by atoms with Gasteiger partial charge in [0.2, 0.25) is 0 Å². The van der Waals surface area contributed by atoms with E-state index in [4.69, 9.17) is 11.6 Å². The van der Waals surface area contributed by atoms with Gasteiger partial charge in [-0.15, -0.1) is 0 Å². The molecule has 104 valence electrons. The van der Waals surface area contributed by atoms with Crippen LogP contribution in [0.1, 0.15) is 22.3 Å². The maximum atomic E-state index is 10.6. The van der Waals surface area contributed by atoms with Gasteiger partial charge in [-0.1, -0.05) is 35.9 Å². The Bertz CT molecular complexity index is 570. The third-order valence-electron chi connectivity index (χ3n) is 3.01. The fourth-order valence-electron chi connectivity index (χ4n) is 1.90. The molecule has 5 heteroatoms. The van der Waals surface area contributed by atoms with Gasteiger partial charge in [-0.2, -0.15) is 0 Å². The number of aryl methyl sites for hydroxylation is 1. The quantitative estimate of drug-likeness (QED) is 0.591. The molecule has 2 aromatic carbocycles. The second-order valence-corrected chi connectivity index (χ2v) is 4.96. The number of hydrogen-bond donors (Lipinski definition) is 1. The van der Waals surface area contributed by atoms with Crippen LogP contribution in [-0.4, -0.2) is 12.5 Å². The molecule has 21 heavy (non-hydrogen) atoms. The van der Waals surface area contributed by atoms with E-state index in [0.717, 1.165) is 30.1 Å². The van der Waals surface area contributed by atoms with Crippen LogP contribution in [0.2, 0.25) is 5.02 Å². The number of carboxylic acids is 1. The van der Waals surface area contributed by atoms with Gasteiger partial charge in [-0.25, -0.2) is 0 Å². The molecule has 0 aliphatic carbocycles. The number of aromatic carboxylic acids is 1. The SMILES string of the molecule is O=C([O-])c1ccc(NCCCc2ccc(Cl)cc2)cc1.[Na+]. The number of carboxylic acid groups (broad SMARTS) is 1. The number of carbonyl (C=O) groups excluding carboxylic acids is 1. The fourth-order valence-corrected chi connectivity index (χ4v) is 2.03. The van der Waals surface area contributed by atoms with Crippen LogP contribution >= 0.6 is 11.6 Å². The first-order valence-electron chi connectivity index (χ1n) is 6.45. The van der Waals surface area contributed by atoms with Crippen molar-refractivity contribution >= 4 is 23.3 Å². The first-order chi connectivity index (χ1) is 9.65. The molecule has 0 aliphatic heterocycles. The normalized spacial score (nSPS) is 9.76. The van der Waals surface area contributed by atoms with Crippen molar-refractivity contribution < 1.29 is 39.5 Å². The Hall–Kier alpha value is -1.000. The average Bonchev–Trinajstić information content (AvgIpc) is 2.46. The maximum absolute atomic E-state index is 10.6. The smallest absolute Gasteiger partial charge is 0.545 e. The Kier molecular flexibility index (Phi) is 7.83. The van der Waals surface area contributed by atoms with Gasteiger partial charge in [0.1, 0.15) is 0 Å². The van der Waals surface area contributed by atoms with Gasteiger partial charge in [-0.3, -0.25) is 0 Å². The monoisotopic (exact) mass is 311 g/mol. The predicted molar refractivity (Wildman–Crippen MR) is 79.0 cm³/mol. The van der Waals surface area contributed by atoms with E-state index in [1.165, 1.54) is 17.7 Å². The summed E-state index contributed by atoms with van der Waals surface area (Å²) < 4.78 is 0. The van der Waals surface area contributed by atoms with E-state index in [1.54, 1.807) is 12.1 Å². The topological polar surface area (TPSA) is 52.2 Å². The number of anilines is 1. The summed E-state index contributed by atoms with van der Waals surface area (Å²) in [7, 11) is 0. The minimum absolute atomic E-state index is 0. The molecule has 0 heterocycles. The third kappa shape index (κ3) is 6.10. The van der Waals surface area contributed by atoms with Crippen LogP contribution < -0.4 is 40.0 Å². The Morgan fingerprint density at radius 2 is 1.67 bits per heavy atom. The molecule has 0 spiro atoms. The van der Waals surface area contributed by atoms with E-state index in [9.17, 15) is 9.90 Å². The molecule has 0 saturated heterocycles. The van der Waals surface area contributed by atoms with Gasteiger partial charge in [0, 0.05) is 17.3 Å². The van der Waals surface area contributed by atoms with Crippen molar-refractivity contribution in [1.82, 2.24) is 0 Å². The third-order valence-corrected chi connectivity index (χ3v) is 3.26. The first kappa shape index (κ1) is 18.1. The molecule has 0 unspecified atom stereocenters. The van der Waals surface area contributed by atoms with Gasteiger partial charge < -0.3 is 15.2 Å². The van der Waals surface area contributed by atoms with E-state index in [0.29, 0.717) is 0 Å². The van der Waals surface area contributed by atoms with Crippen molar-refractivity contribution in [2.24, 2.45) is 0 Å². The zero-order valence-electron chi connectivity index (χ0n) is 11.9. The van der Waals surface area contributed by atoms with Crippen molar-refractivity contribution in [2.75, 3.05) is 11.9 Å². The Labute approximate surface area is 151 Å². The van der Waals surface area contributed by atoms with Crippen LogP contribution in [0.4, 0.5) is 5.69 Å². The van der Waals surface area contributed by atoms with E-state index < -0.39 is 5.97 Å². The standard InChI is InChI=1S/C16H16ClNO2.Na/c17-14-7-3-12(4-8-14)2-1-11-18-15-9-5-13(6-10-15)16(19)20;/h3-10,18H,1-2,11H2,(H,19,20);/q;+1/p-1. The summed E-state index contributed by atoms with van der Waals surface area (Å²) in [6, 6.07) is 14.4. The number of halogens is 1. The van der Waals surface area contributed by atoms with Gasteiger partial charge in [0.05, 0.1) is 5.97 Å². The van der Waals surface area contributed by atoms with Crippen molar-refractivity contribution in [3.05, 3.63) is 64.7 Å². The van der Waals surface area contributed by atoms with Crippen molar-refractivity contribution in [3.8, 4) is 0 Å². The molecule has 0 atom stereocenters.